The lowest BCUT2D eigenvalue weighted by molar-refractivity contribution is -0.126. The van der Waals surface area contributed by atoms with Gasteiger partial charge in [-0.05, 0) is 29.8 Å². The maximum absolute atomic E-state index is 12.9. The van der Waals surface area contributed by atoms with Gasteiger partial charge in [0.1, 0.15) is 22.4 Å². The second kappa shape index (κ2) is 11.2. The number of rotatable bonds is 7. The molecule has 0 saturated carbocycles. The van der Waals surface area contributed by atoms with Crippen LogP contribution in [0.25, 0.3) is 17.4 Å². The normalized spacial score (nSPS) is 14.5. The standard InChI is InChI=1S/C26H17Cl2N3O3S3/c27-19-8-6-15(11-20(19)28)10-18-13-29-25(36-18)30-23(32)14-31-24(33)22(37-26(31)35)12-17-7-9-21(34-17)16-4-2-1-3-5-16/h1-9,11-13H,10,14H2,(H,29,30,32)/b22-12-. The second-order valence-electron chi connectivity index (χ2n) is 7.94. The van der Waals surface area contributed by atoms with Crippen LogP contribution in [0.1, 0.15) is 16.2 Å². The number of thiocarbonyl (C=S) groups is 1. The maximum atomic E-state index is 12.9. The van der Waals surface area contributed by atoms with Crippen molar-refractivity contribution in [2.45, 2.75) is 6.42 Å². The first kappa shape index (κ1) is 25.7. The second-order valence-corrected chi connectivity index (χ2v) is 11.5. The monoisotopic (exact) mass is 585 g/mol. The smallest absolute Gasteiger partial charge is 0.266 e. The summed E-state index contributed by atoms with van der Waals surface area (Å²) in [6, 6.07) is 18.7. The molecule has 0 atom stereocenters. The molecule has 1 aliphatic rings. The van der Waals surface area contributed by atoms with Crippen molar-refractivity contribution < 1.29 is 14.0 Å². The highest BCUT2D eigenvalue weighted by atomic mass is 35.5. The van der Waals surface area contributed by atoms with Crippen molar-refractivity contribution in [3.63, 3.8) is 0 Å². The number of aromatic nitrogens is 1. The predicted octanol–water partition coefficient (Wildman–Crippen LogP) is 7.14. The molecule has 1 fully saturated rings. The first-order valence-electron chi connectivity index (χ1n) is 10.9. The lowest BCUT2D eigenvalue weighted by atomic mass is 10.1. The average Bonchev–Trinajstić information content (AvgIpc) is 3.59. The highest BCUT2D eigenvalue weighted by Crippen LogP contribution is 2.34. The molecule has 2 amide bonds. The van der Waals surface area contributed by atoms with Gasteiger partial charge in [0.2, 0.25) is 5.91 Å². The number of amides is 2. The third-order valence-corrected chi connectivity index (χ3v) is 8.33. The van der Waals surface area contributed by atoms with Gasteiger partial charge in [0.25, 0.3) is 5.91 Å². The molecule has 0 spiro atoms. The quantitative estimate of drug-likeness (QED) is 0.183. The summed E-state index contributed by atoms with van der Waals surface area (Å²) in [4.78, 5) is 32.5. The summed E-state index contributed by atoms with van der Waals surface area (Å²) in [5.74, 6) is 0.490. The van der Waals surface area contributed by atoms with E-state index >= 15 is 0 Å². The highest BCUT2D eigenvalue weighted by Gasteiger charge is 2.33. The Morgan fingerprint density at radius 1 is 1.11 bits per heavy atom. The Hall–Kier alpha value is -2.95. The van der Waals surface area contributed by atoms with Gasteiger partial charge in [0.05, 0.1) is 15.0 Å². The molecule has 11 heteroatoms. The van der Waals surface area contributed by atoms with E-state index in [1.54, 1.807) is 30.5 Å². The average molecular weight is 587 g/mol. The largest absolute Gasteiger partial charge is 0.457 e. The topological polar surface area (TPSA) is 75.4 Å². The van der Waals surface area contributed by atoms with Crippen LogP contribution < -0.4 is 5.32 Å². The molecule has 1 aliphatic heterocycles. The van der Waals surface area contributed by atoms with E-state index in [2.05, 4.69) is 10.3 Å². The number of thiazole rings is 1. The minimum Gasteiger partial charge on any atom is -0.457 e. The van der Waals surface area contributed by atoms with E-state index in [-0.39, 0.29) is 12.5 Å². The molecular weight excluding hydrogens is 569 g/mol. The number of thioether (sulfide) groups is 1. The number of hydrogen-bond acceptors (Lipinski definition) is 7. The van der Waals surface area contributed by atoms with E-state index in [9.17, 15) is 9.59 Å². The fourth-order valence-corrected chi connectivity index (χ4v) is 5.97. The SMILES string of the molecule is O=C(CN1C(=O)/C(=C/c2ccc(-c3ccccc3)o2)SC1=S)Nc1ncc(Cc2ccc(Cl)c(Cl)c2)s1. The molecule has 2 aromatic carbocycles. The molecule has 186 valence electrons. The summed E-state index contributed by atoms with van der Waals surface area (Å²) in [5, 5.41) is 4.16. The van der Waals surface area contributed by atoms with Gasteiger partial charge in [0.15, 0.2) is 5.13 Å². The van der Waals surface area contributed by atoms with Crippen LogP contribution in [0, 0.1) is 0 Å². The molecule has 0 bridgehead atoms. The van der Waals surface area contributed by atoms with Crippen molar-refractivity contribution in [1.82, 2.24) is 9.88 Å². The Kier molecular flexibility index (Phi) is 7.78. The minimum atomic E-state index is -0.391. The summed E-state index contributed by atoms with van der Waals surface area (Å²) in [7, 11) is 0. The van der Waals surface area contributed by atoms with E-state index < -0.39 is 5.91 Å². The first-order valence-corrected chi connectivity index (χ1v) is 13.7. The zero-order chi connectivity index (χ0) is 25.9. The number of nitrogens with zero attached hydrogens (tertiary/aromatic N) is 2. The van der Waals surface area contributed by atoms with Crippen molar-refractivity contribution in [1.29, 1.82) is 0 Å². The summed E-state index contributed by atoms with van der Waals surface area (Å²) >= 11 is 19.9. The fourth-order valence-electron chi connectivity index (χ4n) is 3.55. The number of carbonyl (C=O) groups is 2. The number of hydrogen-bond donors (Lipinski definition) is 1. The molecule has 6 nitrogen and oxygen atoms in total. The molecule has 5 rings (SSSR count). The Labute approximate surface area is 236 Å². The van der Waals surface area contributed by atoms with Crippen LogP contribution >= 0.6 is 58.5 Å². The lowest BCUT2D eigenvalue weighted by Crippen LogP contribution is -2.36. The summed E-state index contributed by atoms with van der Waals surface area (Å²) < 4.78 is 6.17. The molecule has 0 radical (unpaired) electrons. The number of nitrogens with one attached hydrogen (secondary N) is 1. The number of carbonyl (C=O) groups excluding carboxylic acids is 2. The molecule has 1 N–H and O–H groups in total. The van der Waals surface area contributed by atoms with Crippen molar-refractivity contribution in [2.24, 2.45) is 0 Å². The van der Waals surface area contributed by atoms with Crippen LogP contribution in [0.5, 0.6) is 0 Å². The maximum Gasteiger partial charge on any atom is 0.266 e. The van der Waals surface area contributed by atoms with Gasteiger partial charge >= 0.3 is 0 Å². The molecule has 0 unspecified atom stereocenters. The van der Waals surface area contributed by atoms with Gasteiger partial charge < -0.3 is 9.73 Å². The molecule has 0 aliphatic carbocycles. The molecule has 1 saturated heterocycles. The lowest BCUT2D eigenvalue weighted by Gasteiger charge is -2.13. The van der Waals surface area contributed by atoms with Gasteiger partial charge in [-0.3, -0.25) is 14.5 Å². The molecule has 2 aromatic heterocycles. The first-order chi connectivity index (χ1) is 17.9. The van der Waals surface area contributed by atoms with E-state index in [0.717, 1.165) is 27.8 Å². The van der Waals surface area contributed by atoms with Crippen LogP contribution in [-0.4, -0.2) is 32.6 Å². The van der Waals surface area contributed by atoms with E-state index in [4.69, 9.17) is 39.8 Å². The minimum absolute atomic E-state index is 0.211. The zero-order valence-electron chi connectivity index (χ0n) is 18.9. The molecular formula is C26H17Cl2N3O3S3. The summed E-state index contributed by atoms with van der Waals surface area (Å²) in [6.07, 6.45) is 3.93. The van der Waals surface area contributed by atoms with Crippen LogP contribution in [0.4, 0.5) is 5.13 Å². The number of benzene rings is 2. The van der Waals surface area contributed by atoms with Crippen molar-refractivity contribution in [3.8, 4) is 11.3 Å². The van der Waals surface area contributed by atoms with Crippen molar-refractivity contribution >= 4 is 85.9 Å². The summed E-state index contributed by atoms with van der Waals surface area (Å²) in [6.45, 7) is -0.211. The van der Waals surface area contributed by atoms with Gasteiger partial charge in [0, 0.05) is 29.1 Å². The van der Waals surface area contributed by atoms with Gasteiger partial charge in [-0.25, -0.2) is 4.98 Å². The Morgan fingerprint density at radius 2 is 1.92 bits per heavy atom. The third-order valence-electron chi connectivity index (χ3n) is 5.30. The van der Waals surface area contributed by atoms with Crippen molar-refractivity contribution in [2.75, 3.05) is 11.9 Å². The van der Waals surface area contributed by atoms with E-state index in [1.807, 2.05) is 42.5 Å². The fraction of sp³-hybridized carbons (Fsp3) is 0.0769. The third kappa shape index (κ3) is 6.14. The Morgan fingerprint density at radius 3 is 2.70 bits per heavy atom. The molecule has 4 aromatic rings. The molecule has 37 heavy (non-hydrogen) atoms. The Bertz CT molecular complexity index is 1530. The number of halogens is 2. The van der Waals surface area contributed by atoms with Crippen LogP contribution in [0.3, 0.4) is 0 Å². The number of anilines is 1. The van der Waals surface area contributed by atoms with E-state index in [0.29, 0.717) is 42.3 Å². The number of furan rings is 1. The Balaban J connectivity index is 1.20. The van der Waals surface area contributed by atoms with E-state index in [1.165, 1.54) is 16.2 Å². The van der Waals surface area contributed by atoms with Crippen LogP contribution in [0.2, 0.25) is 10.0 Å². The highest BCUT2D eigenvalue weighted by molar-refractivity contribution is 8.26. The van der Waals surface area contributed by atoms with Crippen LogP contribution in [-0.2, 0) is 16.0 Å². The predicted molar refractivity (Wildman–Crippen MR) is 154 cm³/mol. The van der Waals surface area contributed by atoms with Gasteiger partial charge in [-0.2, -0.15) is 0 Å². The molecule has 3 heterocycles. The van der Waals surface area contributed by atoms with Crippen molar-refractivity contribution in [3.05, 3.63) is 98.0 Å². The zero-order valence-corrected chi connectivity index (χ0v) is 22.9. The van der Waals surface area contributed by atoms with Gasteiger partial charge in [-0.15, -0.1) is 11.3 Å². The van der Waals surface area contributed by atoms with Gasteiger partial charge in [-0.1, -0.05) is 83.6 Å². The summed E-state index contributed by atoms with van der Waals surface area (Å²) in [5.41, 5.74) is 1.92. The van der Waals surface area contributed by atoms with Crippen LogP contribution in [0.15, 0.2) is 76.2 Å².